The molecule has 0 heterocycles. The number of Topliss-reactive ketones (excluding diaryl/α,β-unsaturated/α-hetero) is 1. The number of carbonyl (C=O) groups is 2. The van der Waals surface area contributed by atoms with Gasteiger partial charge in [0.15, 0.2) is 5.78 Å². The third kappa shape index (κ3) is 3.76. The molecule has 3 atom stereocenters. The van der Waals surface area contributed by atoms with Gasteiger partial charge in [0.2, 0.25) is 0 Å². The Hall–Kier alpha value is -2.16. The number of allylic oxidation sites excluding steroid dienone is 2. The third-order valence-corrected chi connectivity index (χ3v) is 5.84. The maximum absolute atomic E-state index is 12.4. The van der Waals surface area contributed by atoms with Gasteiger partial charge in [0, 0.05) is 12.0 Å². The van der Waals surface area contributed by atoms with Crippen molar-refractivity contribution in [1.82, 2.24) is 0 Å². The van der Waals surface area contributed by atoms with Gasteiger partial charge in [-0.2, -0.15) is 0 Å². The Morgan fingerprint density at radius 3 is 2.64 bits per heavy atom. The Morgan fingerprint density at radius 1 is 1.20 bits per heavy atom. The lowest BCUT2D eigenvalue weighted by molar-refractivity contribution is -0.141. The molecular weight excluding hydrogens is 312 g/mol. The van der Waals surface area contributed by atoms with Gasteiger partial charge in [0.05, 0.1) is 0 Å². The van der Waals surface area contributed by atoms with Gasteiger partial charge in [-0.1, -0.05) is 49.4 Å². The highest BCUT2D eigenvalue weighted by Crippen LogP contribution is 2.45. The summed E-state index contributed by atoms with van der Waals surface area (Å²) in [5.74, 6) is 0.860. The molecule has 3 rings (SSSR count). The highest BCUT2D eigenvalue weighted by atomic mass is 16.5. The molecule has 0 aliphatic heterocycles. The van der Waals surface area contributed by atoms with E-state index >= 15 is 0 Å². The Labute approximate surface area is 149 Å². The van der Waals surface area contributed by atoms with Gasteiger partial charge in [-0.05, 0) is 55.1 Å². The molecule has 1 saturated carbocycles. The van der Waals surface area contributed by atoms with Crippen LogP contribution >= 0.6 is 0 Å². The fraction of sp³-hybridized carbons (Fsp3) is 0.455. The minimum atomic E-state index is -0.317. The number of ether oxygens (including phenoxy) is 1. The van der Waals surface area contributed by atoms with Crippen LogP contribution in [-0.4, -0.2) is 11.8 Å². The van der Waals surface area contributed by atoms with E-state index in [0.717, 1.165) is 30.4 Å². The molecule has 0 aromatic heterocycles. The number of rotatable bonds is 4. The van der Waals surface area contributed by atoms with Gasteiger partial charge < -0.3 is 4.74 Å². The molecule has 3 heteroatoms. The number of hydrogen-bond donors (Lipinski definition) is 0. The standard InChI is InChI=1S/C22H26O3/c1-14-9-10-18(11-20-16(3)21(23)12-19(14)20)15(2)22(24)25-13-17-7-5-4-6-8-17/h4-8,14,18-19H,2,9-13H2,1,3H3/t14?,18-,19-/m0/s1. The van der Waals surface area contributed by atoms with Crippen LogP contribution in [0.3, 0.4) is 0 Å². The van der Waals surface area contributed by atoms with Crippen molar-refractivity contribution in [2.24, 2.45) is 17.8 Å². The molecule has 0 spiro atoms. The van der Waals surface area contributed by atoms with Gasteiger partial charge in [0.1, 0.15) is 6.61 Å². The van der Waals surface area contributed by atoms with Crippen molar-refractivity contribution in [3.05, 3.63) is 59.2 Å². The summed E-state index contributed by atoms with van der Waals surface area (Å²) in [7, 11) is 0. The number of ketones is 1. The van der Waals surface area contributed by atoms with Crippen LogP contribution in [0.25, 0.3) is 0 Å². The predicted octanol–water partition coefficient (Wildman–Crippen LogP) is 4.63. The maximum atomic E-state index is 12.4. The van der Waals surface area contributed by atoms with E-state index in [2.05, 4.69) is 13.5 Å². The zero-order chi connectivity index (χ0) is 18.0. The van der Waals surface area contributed by atoms with Crippen molar-refractivity contribution in [1.29, 1.82) is 0 Å². The van der Waals surface area contributed by atoms with Crippen LogP contribution in [-0.2, 0) is 20.9 Å². The molecule has 0 N–H and O–H groups in total. The van der Waals surface area contributed by atoms with E-state index < -0.39 is 0 Å². The number of carbonyl (C=O) groups excluding carboxylic acids is 2. The molecule has 2 aliphatic carbocycles. The van der Waals surface area contributed by atoms with Crippen LogP contribution in [0, 0.1) is 17.8 Å². The first-order valence-corrected chi connectivity index (χ1v) is 9.10. The fourth-order valence-electron chi connectivity index (χ4n) is 4.09. The predicted molar refractivity (Wildman–Crippen MR) is 97.7 cm³/mol. The first-order valence-electron chi connectivity index (χ1n) is 9.10. The van der Waals surface area contributed by atoms with Crippen molar-refractivity contribution in [2.45, 2.75) is 46.1 Å². The molecule has 0 amide bonds. The quantitative estimate of drug-likeness (QED) is 0.594. The molecule has 132 valence electrons. The monoisotopic (exact) mass is 338 g/mol. The maximum Gasteiger partial charge on any atom is 0.334 e. The molecule has 1 fully saturated rings. The van der Waals surface area contributed by atoms with Crippen LogP contribution in [0.1, 0.15) is 45.1 Å². The Bertz CT molecular complexity index is 714. The minimum Gasteiger partial charge on any atom is -0.457 e. The summed E-state index contributed by atoms with van der Waals surface area (Å²) in [4.78, 5) is 24.5. The summed E-state index contributed by atoms with van der Waals surface area (Å²) in [6.45, 7) is 8.45. The summed E-state index contributed by atoms with van der Waals surface area (Å²) < 4.78 is 5.45. The molecule has 0 bridgehead atoms. The van der Waals surface area contributed by atoms with Gasteiger partial charge in [-0.3, -0.25) is 4.79 Å². The molecule has 25 heavy (non-hydrogen) atoms. The molecule has 0 saturated heterocycles. The summed E-state index contributed by atoms with van der Waals surface area (Å²) in [6.07, 6.45) is 3.36. The highest BCUT2D eigenvalue weighted by molar-refractivity contribution is 5.98. The lowest BCUT2D eigenvalue weighted by atomic mass is 9.86. The van der Waals surface area contributed by atoms with E-state index in [0.29, 0.717) is 23.8 Å². The summed E-state index contributed by atoms with van der Waals surface area (Å²) in [5, 5.41) is 0. The SMILES string of the molecule is C=C(C(=O)OCc1ccccc1)[C@H]1CCC(C)[C@@H]2CC(=O)C(C)=C2C1. The molecule has 1 aromatic carbocycles. The van der Waals surface area contributed by atoms with Gasteiger partial charge in [0.25, 0.3) is 0 Å². The lowest BCUT2D eigenvalue weighted by Gasteiger charge is -2.19. The topological polar surface area (TPSA) is 43.4 Å². The average Bonchev–Trinajstić information content (AvgIpc) is 2.80. The second kappa shape index (κ2) is 7.38. The molecule has 1 unspecified atom stereocenters. The molecule has 0 radical (unpaired) electrons. The van der Waals surface area contributed by atoms with Crippen molar-refractivity contribution < 1.29 is 14.3 Å². The summed E-state index contributed by atoms with van der Waals surface area (Å²) >= 11 is 0. The van der Waals surface area contributed by atoms with E-state index in [4.69, 9.17) is 4.74 Å². The molecular formula is C22H26O3. The Kier molecular flexibility index (Phi) is 5.22. The van der Waals surface area contributed by atoms with Gasteiger partial charge in [-0.15, -0.1) is 0 Å². The van der Waals surface area contributed by atoms with Crippen LogP contribution in [0.4, 0.5) is 0 Å². The van der Waals surface area contributed by atoms with Crippen LogP contribution in [0.5, 0.6) is 0 Å². The molecule has 2 aliphatic rings. The van der Waals surface area contributed by atoms with Gasteiger partial charge in [-0.25, -0.2) is 4.79 Å². The average molecular weight is 338 g/mol. The van der Waals surface area contributed by atoms with Crippen molar-refractivity contribution >= 4 is 11.8 Å². The summed E-state index contributed by atoms with van der Waals surface area (Å²) in [5.41, 5.74) is 3.67. The number of hydrogen-bond acceptors (Lipinski definition) is 3. The molecule has 3 nitrogen and oxygen atoms in total. The van der Waals surface area contributed by atoms with Crippen molar-refractivity contribution in [2.75, 3.05) is 0 Å². The van der Waals surface area contributed by atoms with Crippen LogP contribution in [0.2, 0.25) is 0 Å². The molecule has 1 aromatic rings. The first-order chi connectivity index (χ1) is 12.0. The van der Waals surface area contributed by atoms with E-state index in [-0.39, 0.29) is 24.3 Å². The summed E-state index contributed by atoms with van der Waals surface area (Å²) in [6, 6.07) is 9.67. The van der Waals surface area contributed by atoms with E-state index in [1.807, 2.05) is 37.3 Å². The third-order valence-electron chi connectivity index (χ3n) is 5.84. The zero-order valence-corrected chi connectivity index (χ0v) is 15.1. The Balaban J connectivity index is 1.67. The first kappa shape index (κ1) is 17.7. The largest absolute Gasteiger partial charge is 0.457 e. The van der Waals surface area contributed by atoms with E-state index in [1.165, 1.54) is 5.57 Å². The van der Waals surface area contributed by atoms with Crippen LogP contribution in [0.15, 0.2) is 53.6 Å². The van der Waals surface area contributed by atoms with Crippen molar-refractivity contribution in [3.8, 4) is 0 Å². The van der Waals surface area contributed by atoms with E-state index in [1.54, 1.807) is 0 Å². The van der Waals surface area contributed by atoms with Crippen LogP contribution < -0.4 is 0 Å². The van der Waals surface area contributed by atoms with Crippen molar-refractivity contribution in [3.63, 3.8) is 0 Å². The lowest BCUT2D eigenvalue weighted by Crippen LogP contribution is -2.15. The number of fused-ring (bicyclic) bond motifs is 1. The Morgan fingerprint density at radius 2 is 1.92 bits per heavy atom. The fourth-order valence-corrected chi connectivity index (χ4v) is 4.09. The minimum absolute atomic E-state index is 0.0755. The zero-order valence-electron chi connectivity index (χ0n) is 15.1. The second-order valence-electron chi connectivity index (χ2n) is 7.43. The smallest absolute Gasteiger partial charge is 0.334 e. The number of benzene rings is 1. The normalized spacial score (nSPS) is 26.2. The van der Waals surface area contributed by atoms with E-state index in [9.17, 15) is 9.59 Å². The second-order valence-corrected chi connectivity index (χ2v) is 7.43. The number of esters is 1. The highest BCUT2D eigenvalue weighted by Gasteiger charge is 2.38. The van der Waals surface area contributed by atoms with Gasteiger partial charge >= 0.3 is 5.97 Å².